The van der Waals surface area contributed by atoms with Crippen LogP contribution in [-0.4, -0.2) is 15.7 Å². The zero-order valence-electron chi connectivity index (χ0n) is 13.0. The lowest BCUT2D eigenvalue weighted by Gasteiger charge is -2.10. The van der Waals surface area contributed by atoms with Gasteiger partial charge in [0.2, 0.25) is 5.91 Å². The summed E-state index contributed by atoms with van der Waals surface area (Å²) in [6.07, 6.45) is 0.370. The minimum Gasteiger partial charge on any atom is -0.311 e. The predicted octanol–water partition coefficient (Wildman–Crippen LogP) is 5.19. The van der Waals surface area contributed by atoms with E-state index in [0.717, 1.165) is 11.3 Å². The van der Waals surface area contributed by atoms with Crippen LogP contribution in [0, 0.1) is 0 Å². The molecule has 3 aromatic rings. The zero-order chi connectivity index (χ0) is 17.1. The molecule has 1 heterocycles. The molecule has 24 heavy (non-hydrogen) atoms. The summed E-state index contributed by atoms with van der Waals surface area (Å²) in [6.45, 7) is 1.79. The Hall–Kier alpha value is -2.30. The molecule has 6 heteroatoms. The van der Waals surface area contributed by atoms with E-state index in [1.807, 2.05) is 36.4 Å². The van der Waals surface area contributed by atoms with Gasteiger partial charge < -0.3 is 5.32 Å². The zero-order valence-corrected chi connectivity index (χ0v) is 14.5. The van der Waals surface area contributed by atoms with Crippen LogP contribution in [0.25, 0.3) is 16.9 Å². The van der Waals surface area contributed by atoms with Gasteiger partial charge >= 0.3 is 0 Å². The molecule has 0 atom stereocenters. The number of hydrogen-bond donors (Lipinski definition) is 1. The number of hydrogen-bond acceptors (Lipinski definition) is 2. The molecular formula is C18H15Cl2N3O. The van der Waals surface area contributed by atoms with Crippen LogP contribution in [0.15, 0.2) is 54.6 Å². The summed E-state index contributed by atoms with van der Waals surface area (Å²) in [5.74, 6) is 0.443. The summed E-state index contributed by atoms with van der Waals surface area (Å²) in [6, 6.07) is 16.7. The minimum atomic E-state index is -0.103. The maximum Gasteiger partial charge on any atom is 0.225 e. The Morgan fingerprint density at radius 2 is 1.88 bits per heavy atom. The molecule has 0 radical (unpaired) electrons. The van der Waals surface area contributed by atoms with Crippen LogP contribution >= 0.6 is 23.2 Å². The van der Waals surface area contributed by atoms with Gasteiger partial charge in [0.1, 0.15) is 5.82 Å². The van der Waals surface area contributed by atoms with Gasteiger partial charge in [-0.25, -0.2) is 4.68 Å². The van der Waals surface area contributed by atoms with Gasteiger partial charge in [-0.05, 0) is 18.2 Å². The van der Waals surface area contributed by atoms with Gasteiger partial charge in [0.25, 0.3) is 0 Å². The Morgan fingerprint density at radius 3 is 2.58 bits per heavy atom. The van der Waals surface area contributed by atoms with E-state index < -0.39 is 0 Å². The van der Waals surface area contributed by atoms with Gasteiger partial charge in [-0.3, -0.25) is 4.79 Å². The number of benzene rings is 2. The normalized spacial score (nSPS) is 10.6. The van der Waals surface area contributed by atoms with Crippen molar-refractivity contribution in [1.29, 1.82) is 0 Å². The van der Waals surface area contributed by atoms with Crippen molar-refractivity contribution in [2.24, 2.45) is 0 Å². The highest BCUT2D eigenvalue weighted by molar-refractivity contribution is 6.34. The molecule has 0 fully saturated rings. The average Bonchev–Trinajstić information content (AvgIpc) is 3.01. The summed E-state index contributed by atoms with van der Waals surface area (Å²) < 4.78 is 1.60. The van der Waals surface area contributed by atoms with E-state index in [2.05, 4.69) is 10.4 Å². The van der Waals surface area contributed by atoms with Gasteiger partial charge in [0.05, 0.1) is 16.4 Å². The number of rotatable bonds is 4. The lowest BCUT2D eigenvalue weighted by Crippen LogP contribution is -2.13. The smallest absolute Gasteiger partial charge is 0.225 e. The molecule has 1 N–H and O–H groups in total. The van der Waals surface area contributed by atoms with Crippen LogP contribution < -0.4 is 5.32 Å². The second kappa shape index (κ2) is 7.07. The van der Waals surface area contributed by atoms with Crippen LogP contribution in [-0.2, 0) is 4.79 Å². The van der Waals surface area contributed by atoms with Crippen LogP contribution in [0.4, 0.5) is 5.82 Å². The Kier molecular flexibility index (Phi) is 4.88. The number of carbonyl (C=O) groups is 1. The fourth-order valence-corrected chi connectivity index (χ4v) is 2.65. The van der Waals surface area contributed by atoms with Crippen molar-refractivity contribution in [2.75, 3.05) is 5.32 Å². The van der Waals surface area contributed by atoms with Crippen LogP contribution in [0.3, 0.4) is 0 Å². The summed E-state index contributed by atoms with van der Waals surface area (Å²) in [4.78, 5) is 11.9. The van der Waals surface area contributed by atoms with E-state index >= 15 is 0 Å². The molecule has 0 spiro atoms. The first-order valence-electron chi connectivity index (χ1n) is 7.49. The fraction of sp³-hybridized carbons (Fsp3) is 0.111. The Labute approximate surface area is 150 Å². The molecule has 0 saturated carbocycles. The number of nitrogens with one attached hydrogen (secondary N) is 1. The fourth-order valence-electron chi connectivity index (χ4n) is 2.28. The highest BCUT2D eigenvalue weighted by Crippen LogP contribution is 2.30. The van der Waals surface area contributed by atoms with E-state index in [1.54, 1.807) is 29.8 Å². The number of halogens is 2. The molecule has 1 amide bonds. The standard InChI is InChI=1S/C18H15Cl2N3O/c1-2-18(24)21-17-11-15(12-6-4-3-5-7-12)22-23(17)16-10-13(19)8-9-14(16)20/h3-11H,2H2,1H3,(H,21,24). The third-order valence-corrected chi connectivity index (χ3v) is 4.06. The first kappa shape index (κ1) is 16.6. The third kappa shape index (κ3) is 3.45. The summed E-state index contributed by atoms with van der Waals surface area (Å²) in [5.41, 5.74) is 2.29. The van der Waals surface area contributed by atoms with Crippen LogP contribution in [0.1, 0.15) is 13.3 Å². The predicted molar refractivity (Wildman–Crippen MR) is 97.9 cm³/mol. The van der Waals surface area contributed by atoms with E-state index in [1.165, 1.54) is 0 Å². The number of carbonyl (C=O) groups excluding carboxylic acids is 1. The molecule has 0 aliphatic rings. The second-order valence-corrected chi connectivity index (χ2v) is 6.03. The molecule has 4 nitrogen and oxygen atoms in total. The SMILES string of the molecule is CCC(=O)Nc1cc(-c2ccccc2)nn1-c1cc(Cl)ccc1Cl. The topological polar surface area (TPSA) is 46.9 Å². The highest BCUT2D eigenvalue weighted by atomic mass is 35.5. The summed E-state index contributed by atoms with van der Waals surface area (Å²) in [7, 11) is 0. The average molecular weight is 360 g/mol. The quantitative estimate of drug-likeness (QED) is 0.696. The Morgan fingerprint density at radius 1 is 1.12 bits per heavy atom. The minimum absolute atomic E-state index is 0.103. The molecule has 0 bridgehead atoms. The highest BCUT2D eigenvalue weighted by Gasteiger charge is 2.15. The van der Waals surface area contributed by atoms with Gasteiger partial charge in [-0.15, -0.1) is 0 Å². The second-order valence-electron chi connectivity index (χ2n) is 5.19. The lowest BCUT2D eigenvalue weighted by atomic mass is 10.1. The van der Waals surface area contributed by atoms with E-state index in [4.69, 9.17) is 23.2 Å². The van der Waals surface area contributed by atoms with Crippen LogP contribution in [0.2, 0.25) is 10.0 Å². The molecule has 0 saturated heterocycles. The van der Waals surface area contributed by atoms with Gasteiger partial charge in [-0.2, -0.15) is 5.10 Å². The van der Waals surface area contributed by atoms with Gasteiger partial charge in [-0.1, -0.05) is 60.5 Å². The van der Waals surface area contributed by atoms with Gasteiger partial charge in [0, 0.05) is 23.1 Å². The number of aromatic nitrogens is 2. The largest absolute Gasteiger partial charge is 0.311 e. The lowest BCUT2D eigenvalue weighted by molar-refractivity contribution is -0.115. The van der Waals surface area contributed by atoms with E-state index in [9.17, 15) is 4.79 Å². The molecule has 1 aromatic heterocycles. The number of anilines is 1. The number of nitrogens with zero attached hydrogens (tertiary/aromatic N) is 2. The van der Waals surface area contributed by atoms with Crippen molar-refractivity contribution >= 4 is 34.9 Å². The van der Waals surface area contributed by atoms with Crippen molar-refractivity contribution in [3.8, 4) is 16.9 Å². The number of amides is 1. The first-order chi connectivity index (χ1) is 11.6. The first-order valence-corrected chi connectivity index (χ1v) is 8.25. The maximum absolute atomic E-state index is 11.9. The van der Waals surface area contributed by atoms with Crippen molar-refractivity contribution < 1.29 is 4.79 Å². The van der Waals surface area contributed by atoms with Crippen molar-refractivity contribution in [3.05, 3.63) is 64.6 Å². The van der Waals surface area contributed by atoms with Gasteiger partial charge in [0.15, 0.2) is 0 Å². The Balaban J connectivity index is 2.14. The maximum atomic E-state index is 11.9. The van der Waals surface area contributed by atoms with Crippen molar-refractivity contribution in [2.45, 2.75) is 13.3 Å². The molecule has 2 aromatic carbocycles. The molecule has 0 aliphatic carbocycles. The summed E-state index contributed by atoms with van der Waals surface area (Å²) >= 11 is 12.4. The van der Waals surface area contributed by atoms with Crippen molar-refractivity contribution in [3.63, 3.8) is 0 Å². The monoisotopic (exact) mass is 359 g/mol. The van der Waals surface area contributed by atoms with E-state index in [-0.39, 0.29) is 5.91 Å². The Bertz CT molecular complexity index is 875. The van der Waals surface area contributed by atoms with Crippen molar-refractivity contribution in [1.82, 2.24) is 9.78 Å². The molecule has 3 rings (SSSR count). The van der Waals surface area contributed by atoms with Crippen LogP contribution in [0.5, 0.6) is 0 Å². The molecule has 0 aliphatic heterocycles. The molecular weight excluding hydrogens is 345 g/mol. The summed E-state index contributed by atoms with van der Waals surface area (Å²) in [5, 5.41) is 8.49. The third-order valence-electron chi connectivity index (χ3n) is 3.50. The van der Waals surface area contributed by atoms with E-state index in [0.29, 0.717) is 28.0 Å². The molecule has 122 valence electrons. The molecule has 0 unspecified atom stereocenters.